The van der Waals surface area contributed by atoms with Crippen molar-refractivity contribution >= 4 is 17.7 Å². The van der Waals surface area contributed by atoms with Crippen LogP contribution in [0.5, 0.6) is 0 Å². The normalized spacial score (nSPS) is 24.6. The molecule has 0 bridgehead atoms. The number of hydrogen-bond acceptors (Lipinski definition) is 3. The van der Waals surface area contributed by atoms with Crippen molar-refractivity contribution < 1.29 is 0 Å². The smallest absolute Gasteiger partial charge is 0.193 e. The number of thioether (sulfide) groups is 1. The van der Waals surface area contributed by atoms with Crippen LogP contribution in [-0.4, -0.2) is 72.6 Å². The van der Waals surface area contributed by atoms with Gasteiger partial charge in [-0.25, -0.2) is 0 Å². The molecule has 1 atom stereocenters. The minimum absolute atomic E-state index is 0.737. The Morgan fingerprint density at radius 1 is 1.21 bits per heavy atom. The standard InChI is InChI=1S/C19H38N4S/c1-5-20-19(23-13-14-24-18(15-23)16(3)4)21-10-7-17-8-11-22(6-2)12-9-17/h16-18H,5-15H2,1-4H3,(H,20,21). The lowest BCUT2D eigenvalue weighted by Crippen LogP contribution is -2.49. The maximum Gasteiger partial charge on any atom is 0.193 e. The van der Waals surface area contributed by atoms with Gasteiger partial charge in [-0.15, -0.1) is 0 Å². The van der Waals surface area contributed by atoms with Crippen molar-refractivity contribution in [2.75, 3.05) is 51.6 Å². The van der Waals surface area contributed by atoms with Gasteiger partial charge in [-0.05, 0) is 57.7 Å². The van der Waals surface area contributed by atoms with Gasteiger partial charge in [0.1, 0.15) is 0 Å². The number of rotatable bonds is 6. The van der Waals surface area contributed by atoms with E-state index in [9.17, 15) is 0 Å². The van der Waals surface area contributed by atoms with E-state index in [0.717, 1.165) is 49.2 Å². The van der Waals surface area contributed by atoms with Crippen LogP contribution >= 0.6 is 11.8 Å². The molecule has 5 heteroatoms. The second kappa shape index (κ2) is 10.5. The van der Waals surface area contributed by atoms with Crippen molar-refractivity contribution in [3.8, 4) is 0 Å². The third kappa shape index (κ3) is 6.14. The quantitative estimate of drug-likeness (QED) is 0.586. The summed E-state index contributed by atoms with van der Waals surface area (Å²) in [4.78, 5) is 10.0. The van der Waals surface area contributed by atoms with E-state index in [1.54, 1.807) is 0 Å². The van der Waals surface area contributed by atoms with Gasteiger partial charge < -0.3 is 15.1 Å². The first-order valence-electron chi connectivity index (χ1n) is 10.0. The van der Waals surface area contributed by atoms with Crippen LogP contribution in [0.15, 0.2) is 4.99 Å². The van der Waals surface area contributed by atoms with E-state index in [-0.39, 0.29) is 0 Å². The lowest BCUT2D eigenvalue weighted by atomic mass is 9.94. The first kappa shape index (κ1) is 19.9. The van der Waals surface area contributed by atoms with E-state index >= 15 is 0 Å². The Labute approximate surface area is 153 Å². The maximum absolute atomic E-state index is 4.97. The summed E-state index contributed by atoms with van der Waals surface area (Å²) in [5.41, 5.74) is 0. The fourth-order valence-corrected chi connectivity index (χ4v) is 4.94. The van der Waals surface area contributed by atoms with E-state index in [2.05, 4.69) is 54.6 Å². The van der Waals surface area contributed by atoms with Crippen molar-refractivity contribution in [1.82, 2.24) is 15.1 Å². The van der Waals surface area contributed by atoms with Crippen LogP contribution in [0.2, 0.25) is 0 Å². The molecule has 2 rings (SSSR count). The topological polar surface area (TPSA) is 30.9 Å². The third-order valence-electron chi connectivity index (χ3n) is 5.42. The van der Waals surface area contributed by atoms with Gasteiger partial charge >= 0.3 is 0 Å². The van der Waals surface area contributed by atoms with Crippen LogP contribution in [0.4, 0.5) is 0 Å². The van der Waals surface area contributed by atoms with Gasteiger partial charge in [0.25, 0.3) is 0 Å². The maximum atomic E-state index is 4.97. The molecular formula is C19H38N4S. The molecule has 0 amide bonds. The first-order valence-corrected chi connectivity index (χ1v) is 11.1. The number of guanidine groups is 1. The van der Waals surface area contributed by atoms with Gasteiger partial charge in [0, 0.05) is 37.2 Å². The minimum atomic E-state index is 0.737. The van der Waals surface area contributed by atoms with E-state index < -0.39 is 0 Å². The summed E-state index contributed by atoms with van der Waals surface area (Å²) >= 11 is 2.13. The largest absolute Gasteiger partial charge is 0.357 e. The van der Waals surface area contributed by atoms with E-state index in [4.69, 9.17) is 4.99 Å². The highest BCUT2D eigenvalue weighted by Gasteiger charge is 2.25. The van der Waals surface area contributed by atoms with Crippen LogP contribution in [0, 0.1) is 11.8 Å². The van der Waals surface area contributed by atoms with E-state index in [1.807, 2.05) is 0 Å². The zero-order valence-electron chi connectivity index (χ0n) is 16.3. The van der Waals surface area contributed by atoms with E-state index in [0.29, 0.717) is 0 Å². The van der Waals surface area contributed by atoms with Crippen LogP contribution in [0.3, 0.4) is 0 Å². The Morgan fingerprint density at radius 3 is 2.58 bits per heavy atom. The predicted octanol–water partition coefficient (Wildman–Crippen LogP) is 3.15. The zero-order valence-corrected chi connectivity index (χ0v) is 17.1. The van der Waals surface area contributed by atoms with Gasteiger partial charge in [0.2, 0.25) is 0 Å². The summed E-state index contributed by atoms with van der Waals surface area (Å²) in [6, 6.07) is 0. The van der Waals surface area contributed by atoms with Crippen molar-refractivity contribution in [3.63, 3.8) is 0 Å². The van der Waals surface area contributed by atoms with Gasteiger partial charge in [-0.2, -0.15) is 11.8 Å². The highest BCUT2D eigenvalue weighted by Crippen LogP contribution is 2.25. The molecule has 1 unspecified atom stereocenters. The highest BCUT2D eigenvalue weighted by atomic mass is 32.2. The fraction of sp³-hybridized carbons (Fsp3) is 0.947. The van der Waals surface area contributed by atoms with Crippen LogP contribution in [0.25, 0.3) is 0 Å². The Hall–Kier alpha value is -0.420. The van der Waals surface area contributed by atoms with Gasteiger partial charge in [-0.1, -0.05) is 20.8 Å². The number of piperidine rings is 1. The average molecular weight is 355 g/mol. The summed E-state index contributed by atoms with van der Waals surface area (Å²) in [6.45, 7) is 17.1. The van der Waals surface area contributed by atoms with Crippen LogP contribution in [-0.2, 0) is 0 Å². The van der Waals surface area contributed by atoms with Crippen molar-refractivity contribution in [1.29, 1.82) is 0 Å². The summed E-state index contributed by atoms with van der Waals surface area (Å²) in [7, 11) is 0. The summed E-state index contributed by atoms with van der Waals surface area (Å²) in [5, 5.41) is 4.26. The SMILES string of the molecule is CCNC(=NCCC1CCN(CC)CC1)N1CCSC(C(C)C)C1. The molecule has 2 fully saturated rings. The second-order valence-electron chi connectivity index (χ2n) is 7.50. The molecule has 2 aliphatic rings. The number of likely N-dealkylation sites (tertiary alicyclic amines) is 1. The molecule has 4 nitrogen and oxygen atoms in total. The average Bonchev–Trinajstić information content (AvgIpc) is 2.61. The molecule has 0 spiro atoms. The molecule has 140 valence electrons. The lowest BCUT2D eigenvalue weighted by Gasteiger charge is -2.36. The molecule has 0 radical (unpaired) electrons. The Morgan fingerprint density at radius 2 is 1.96 bits per heavy atom. The molecule has 2 heterocycles. The molecular weight excluding hydrogens is 316 g/mol. The van der Waals surface area contributed by atoms with Gasteiger partial charge in [0.05, 0.1) is 0 Å². The zero-order chi connectivity index (χ0) is 17.4. The molecule has 0 aromatic rings. The predicted molar refractivity (Wildman–Crippen MR) is 108 cm³/mol. The van der Waals surface area contributed by atoms with Crippen molar-refractivity contribution in [3.05, 3.63) is 0 Å². The molecule has 1 N–H and O–H groups in total. The van der Waals surface area contributed by atoms with Gasteiger partial charge in [-0.3, -0.25) is 4.99 Å². The summed E-state index contributed by atoms with van der Waals surface area (Å²) < 4.78 is 0. The highest BCUT2D eigenvalue weighted by molar-refractivity contribution is 8.00. The molecule has 0 aromatic heterocycles. The first-order chi connectivity index (χ1) is 11.6. The number of nitrogens with one attached hydrogen (secondary N) is 1. The van der Waals surface area contributed by atoms with Gasteiger partial charge in [0.15, 0.2) is 5.96 Å². The molecule has 2 saturated heterocycles. The Kier molecular flexibility index (Phi) is 8.74. The number of nitrogens with zero attached hydrogens (tertiary/aromatic N) is 3. The van der Waals surface area contributed by atoms with Crippen LogP contribution in [0.1, 0.15) is 47.0 Å². The summed E-state index contributed by atoms with van der Waals surface area (Å²) in [5.74, 6) is 3.99. The van der Waals surface area contributed by atoms with E-state index in [1.165, 1.54) is 44.6 Å². The number of hydrogen-bond donors (Lipinski definition) is 1. The minimum Gasteiger partial charge on any atom is -0.357 e. The fourth-order valence-electron chi connectivity index (χ4n) is 3.64. The molecule has 0 saturated carbocycles. The van der Waals surface area contributed by atoms with Crippen molar-refractivity contribution in [2.24, 2.45) is 16.8 Å². The Balaban J connectivity index is 1.82. The number of aliphatic imine (C=N–C) groups is 1. The molecule has 0 aromatic carbocycles. The summed E-state index contributed by atoms with van der Waals surface area (Å²) in [6.07, 6.45) is 3.97. The van der Waals surface area contributed by atoms with Crippen molar-refractivity contribution in [2.45, 2.75) is 52.2 Å². The third-order valence-corrected chi connectivity index (χ3v) is 6.96. The lowest BCUT2D eigenvalue weighted by molar-refractivity contribution is 0.188. The molecule has 0 aliphatic carbocycles. The Bertz CT molecular complexity index is 378. The molecule has 24 heavy (non-hydrogen) atoms. The monoisotopic (exact) mass is 354 g/mol. The van der Waals surface area contributed by atoms with Crippen LogP contribution < -0.4 is 5.32 Å². The second-order valence-corrected chi connectivity index (χ2v) is 8.85. The molecule has 2 aliphatic heterocycles.